The van der Waals surface area contributed by atoms with E-state index in [4.69, 9.17) is 5.73 Å². The third-order valence-electron chi connectivity index (χ3n) is 3.06. The fourth-order valence-corrected chi connectivity index (χ4v) is 1.80. The zero-order valence-corrected chi connectivity index (χ0v) is 11.2. The second-order valence-corrected chi connectivity index (χ2v) is 5.40. The summed E-state index contributed by atoms with van der Waals surface area (Å²) in [5.74, 6) is 0. The minimum Gasteiger partial charge on any atom is -0.327 e. The van der Waals surface area contributed by atoms with Crippen LogP contribution in [-0.2, 0) is 0 Å². The van der Waals surface area contributed by atoms with Gasteiger partial charge in [0.05, 0.1) is 0 Å². The average molecular weight is 228 g/mol. The first kappa shape index (κ1) is 13.9. The van der Waals surface area contributed by atoms with Crippen LogP contribution >= 0.6 is 0 Å². The molecule has 4 N–H and O–H groups in total. The van der Waals surface area contributed by atoms with Gasteiger partial charge in [-0.25, -0.2) is 0 Å². The summed E-state index contributed by atoms with van der Waals surface area (Å²) >= 11 is 0. The third kappa shape index (κ3) is 5.80. The molecule has 96 valence electrons. The maximum absolute atomic E-state index is 5.70. The normalized spacial score (nSPS) is 29.8. The maximum atomic E-state index is 5.70. The van der Waals surface area contributed by atoms with Crippen molar-refractivity contribution in [2.75, 3.05) is 26.2 Å². The van der Waals surface area contributed by atoms with Crippen LogP contribution in [0, 0.1) is 0 Å². The molecule has 5 atom stereocenters. The molecule has 0 aromatic rings. The largest absolute Gasteiger partial charge is 0.327 e. The van der Waals surface area contributed by atoms with Gasteiger partial charge in [-0.15, -0.1) is 0 Å². The van der Waals surface area contributed by atoms with Gasteiger partial charge in [-0.3, -0.25) is 4.90 Å². The highest BCUT2D eigenvalue weighted by Crippen LogP contribution is 2.15. The third-order valence-corrected chi connectivity index (χ3v) is 3.06. The van der Waals surface area contributed by atoms with Crippen LogP contribution < -0.4 is 16.4 Å². The van der Waals surface area contributed by atoms with E-state index in [1.54, 1.807) is 0 Å². The monoisotopic (exact) mass is 228 g/mol. The molecular weight excluding hydrogens is 200 g/mol. The van der Waals surface area contributed by atoms with E-state index in [2.05, 4.69) is 36.3 Å². The Hall–Kier alpha value is -0.160. The Kier molecular flexibility index (Phi) is 5.69. The molecule has 0 aromatic carbocycles. The van der Waals surface area contributed by atoms with Gasteiger partial charge in [-0.1, -0.05) is 0 Å². The van der Waals surface area contributed by atoms with Crippen molar-refractivity contribution in [2.24, 2.45) is 5.73 Å². The Morgan fingerprint density at radius 3 is 2.25 bits per heavy atom. The van der Waals surface area contributed by atoms with Crippen LogP contribution in [0.1, 0.15) is 27.7 Å². The van der Waals surface area contributed by atoms with Crippen molar-refractivity contribution in [3.63, 3.8) is 0 Å². The first-order valence-electron chi connectivity index (χ1n) is 6.45. The smallest absolute Gasteiger partial charge is 0.0196 e. The fourth-order valence-electron chi connectivity index (χ4n) is 1.80. The summed E-state index contributed by atoms with van der Waals surface area (Å²) in [5, 5.41) is 6.97. The molecule has 4 nitrogen and oxygen atoms in total. The van der Waals surface area contributed by atoms with Gasteiger partial charge in [0.25, 0.3) is 0 Å². The van der Waals surface area contributed by atoms with Crippen LogP contribution in [0.15, 0.2) is 0 Å². The molecule has 0 bridgehead atoms. The average Bonchev–Trinajstić information content (AvgIpc) is 2.88. The molecule has 1 heterocycles. The molecule has 0 saturated carbocycles. The SMILES string of the molecule is CC(N)CNC(C)CNC(C)CN1CC1C. The quantitative estimate of drug-likeness (QED) is 0.512. The van der Waals surface area contributed by atoms with Crippen molar-refractivity contribution in [3.8, 4) is 0 Å². The molecule has 1 fully saturated rings. The van der Waals surface area contributed by atoms with Crippen LogP contribution in [0.3, 0.4) is 0 Å². The number of nitrogens with two attached hydrogens (primary N) is 1. The predicted octanol–water partition coefficient (Wildman–Crippen LogP) is -0.00610. The number of rotatable bonds is 8. The summed E-state index contributed by atoms with van der Waals surface area (Å²) in [7, 11) is 0. The molecule has 4 heteroatoms. The molecule has 1 saturated heterocycles. The van der Waals surface area contributed by atoms with Crippen molar-refractivity contribution in [1.82, 2.24) is 15.5 Å². The van der Waals surface area contributed by atoms with Crippen LogP contribution in [0.2, 0.25) is 0 Å². The molecule has 0 aliphatic carbocycles. The molecule has 1 aliphatic heterocycles. The topological polar surface area (TPSA) is 53.1 Å². The Balaban J connectivity index is 1.99. The van der Waals surface area contributed by atoms with Gasteiger partial charge >= 0.3 is 0 Å². The first-order chi connectivity index (χ1) is 7.49. The standard InChI is InChI=1S/C12H28N4/c1-9(13)5-14-10(2)6-15-11(3)7-16-8-12(16)4/h9-12,14-15H,5-8,13H2,1-4H3. The van der Waals surface area contributed by atoms with E-state index in [0.717, 1.165) is 19.1 Å². The lowest BCUT2D eigenvalue weighted by atomic mass is 10.2. The van der Waals surface area contributed by atoms with Crippen molar-refractivity contribution >= 4 is 0 Å². The van der Waals surface area contributed by atoms with Gasteiger partial charge < -0.3 is 16.4 Å². The maximum Gasteiger partial charge on any atom is 0.0196 e. The van der Waals surface area contributed by atoms with E-state index in [0.29, 0.717) is 12.1 Å². The van der Waals surface area contributed by atoms with E-state index in [1.165, 1.54) is 13.1 Å². The Morgan fingerprint density at radius 1 is 1.19 bits per heavy atom. The second-order valence-electron chi connectivity index (χ2n) is 5.40. The van der Waals surface area contributed by atoms with E-state index in [1.807, 2.05) is 6.92 Å². The lowest BCUT2D eigenvalue weighted by molar-refractivity contribution is 0.393. The highest BCUT2D eigenvalue weighted by atomic mass is 15.3. The summed E-state index contributed by atoms with van der Waals surface area (Å²) in [6.45, 7) is 13.1. The molecule has 0 radical (unpaired) electrons. The molecule has 0 amide bonds. The summed E-state index contributed by atoms with van der Waals surface area (Å²) in [5.41, 5.74) is 5.70. The minimum absolute atomic E-state index is 0.235. The van der Waals surface area contributed by atoms with Gasteiger partial charge in [0, 0.05) is 50.3 Å². The van der Waals surface area contributed by atoms with Crippen LogP contribution in [0.5, 0.6) is 0 Å². The highest BCUT2D eigenvalue weighted by molar-refractivity contribution is 4.87. The number of nitrogens with one attached hydrogen (secondary N) is 2. The highest BCUT2D eigenvalue weighted by Gasteiger charge is 2.29. The van der Waals surface area contributed by atoms with Gasteiger partial charge in [-0.2, -0.15) is 0 Å². The van der Waals surface area contributed by atoms with Crippen molar-refractivity contribution in [1.29, 1.82) is 0 Å². The van der Waals surface area contributed by atoms with Gasteiger partial charge in [0.15, 0.2) is 0 Å². The van der Waals surface area contributed by atoms with E-state index >= 15 is 0 Å². The van der Waals surface area contributed by atoms with E-state index in [9.17, 15) is 0 Å². The molecule has 1 rings (SSSR count). The van der Waals surface area contributed by atoms with Crippen molar-refractivity contribution in [2.45, 2.75) is 51.9 Å². The van der Waals surface area contributed by atoms with Crippen LogP contribution in [0.4, 0.5) is 0 Å². The van der Waals surface area contributed by atoms with E-state index in [-0.39, 0.29) is 6.04 Å². The fraction of sp³-hybridized carbons (Fsp3) is 1.00. The van der Waals surface area contributed by atoms with Gasteiger partial charge in [0.1, 0.15) is 0 Å². The second kappa shape index (κ2) is 6.55. The zero-order chi connectivity index (χ0) is 12.1. The predicted molar refractivity (Wildman–Crippen MR) is 69.6 cm³/mol. The summed E-state index contributed by atoms with van der Waals surface area (Å²) in [4.78, 5) is 2.48. The lowest BCUT2D eigenvalue weighted by Crippen LogP contribution is -2.45. The first-order valence-corrected chi connectivity index (χ1v) is 6.45. The minimum atomic E-state index is 0.235. The summed E-state index contributed by atoms with van der Waals surface area (Å²) in [6, 6.07) is 2.10. The van der Waals surface area contributed by atoms with Crippen LogP contribution in [-0.4, -0.2) is 55.2 Å². The Labute approximate surface area is 99.9 Å². The van der Waals surface area contributed by atoms with Crippen molar-refractivity contribution < 1.29 is 0 Å². The summed E-state index contributed by atoms with van der Waals surface area (Å²) < 4.78 is 0. The van der Waals surface area contributed by atoms with Crippen molar-refractivity contribution in [3.05, 3.63) is 0 Å². The zero-order valence-electron chi connectivity index (χ0n) is 11.2. The van der Waals surface area contributed by atoms with Gasteiger partial charge in [-0.05, 0) is 27.7 Å². The molecule has 5 unspecified atom stereocenters. The molecule has 0 spiro atoms. The number of nitrogens with zero attached hydrogens (tertiary/aromatic N) is 1. The molecule has 0 aromatic heterocycles. The number of hydrogen-bond acceptors (Lipinski definition) is 4. The molecule has 1 aliphatic rings. The van der Waals surface area contributed by atoms with Crippen LogP contribution in [0.25, 0.3) is 0 Å². The molecular formula is C12H28N4. The number of hydrogen-bond donors (Lipinski definition) is 3. The Bertz CT molecular complexity index is 195. The summed E-state index contributed by atoms with van der Waals surface area (Å²) in [6.07, 6.45) is 0. The van der Waals surface area contributed by atoms with Gasteiger partial charge in [0.2, 0.25) is 0 Å². The Morgan fingerprint density at radius 2 is 1.75 bits per heavy atom. The van der Waals surface area contributed by atoms with E-state index < -0.39 is 0 Å². The molecule has 16 heavy (non-hydrogen) atoms. The lowest BCUT2D eigenvalue weighted by Gasteiger charge is -2.20.